The average molecular weight is 443 g/mol. The lowest BCUT2D eigenvalue weighted by Gasteiger charge is -2.35. The maximum atomic E-state index is 12.1. The van der Waals surface area contributed by atoms with Crippen LogP contribution in [0.2, 0.25) is 0 Å². The van der Waals surface area contributed by atoms with Crippen LogP contribution in [0.4, 0.5) is 9.59 Å². The van der Waals surface area contributed by atoms with E-state index in [-0.39, 0.29) is 6.09 Å². The third-order valence-corrected chi connectivity index (χ3v) is 4.28. The van der Waals surface area contributed by atoms with Gasteiger partial charge >= 0.3 is 12.2 Å². The molecule has 0 bridgehead atoms. The lowest BCUT2D eigenvalue weighted by molar-refractivity contribution is 0.0144. The van der Waals surface area contributed by atoms with Crippen LogP contribution in [0.15, 0.2) is 4.99 Å². The molecule has 2 amide bonds. The van der Waals surface area contributed by atoms with Crippen molar-refractivity contribution in [2.75, 3.05) is 59.4 Å². The molecule has 0 aromatic rings. The van der Waals surface area contributed by atoms with Crippen molar-refractivity contribution in [3.05, 3.63) is 0 Å². The minimum atomic E-state index is -0.502. The molecule has 1 aliphatic rings. The van der Waals surface area contributed by atoms with Crippen LogP contribution in [0.25, 0.3) is 0 Å². The molecule has 1 fully saturated rings. The normalized spacial score (nSPS) is 16.0. The Balaban J connectivity index is 2.13. The van der Waals surface area contributed by atoms with Crippen LogP contribution in [-0.2, 0) is 9.47 Å². The van der Waals surface area contributed by atoms with E-state index in [2.05, 4.69) is 25.8 Å². The van der Waals surface area contributed by atoms with Crippen LogP contribution in [0.5, 0.6) is 0 Å². The summed E-state index contributed by atoms with van der Waals surface area (Å²) >= 11 is 0. The van der Waals surface area contributed by atoms with Crippen molar-refractivity contribution in [3.63, 3.8) is 0 Å². The van der Waals surface area contributed by atoms with Gasteiger partial charge in [0.05, 0.1) is 0 Å². The molecular weight excluding hydrogens is 400 g/mol. The number of carbonyl (C=O) groups excluding carboxylic acids is 2. The third-order valence-electron chi connectivity index (χ3n) is 4.28. The summed E-state index contributed by atoms with van der Waals surface area (Å²) in [7, 11) is 1.71. The standard InChI is InChI=1S/C21H42N6O4/c1-20(2,3)30-18(28)25-11-10-24-17(22-7)23-9-8-12-26-13-15-27(16-14-26)19(29)31-21(4,5)6/h8-16H2,1-7H3,(H,25,28)(H2,22,23,24). The lowest BCUT2D eigenvalue weighted by atomic mass is 10.2. The summed E-state index contributed by atoms with van der Waals surface area (Å²) in [5.74, 6) is 0.695. The van der Waals surface area contributed by atoms with Crippen molar-refractivity contribution in [3.8, 4) is 0 Å². The minimum Gasteiger partial charge on any atom is -0.444 e. The van der Waals surface area contributed by atoms with Gasteiger partial charge in [0.2, 0.25) is 0 Å². The second-order valence-electron chi connectivity index (χ2n) is 9.52. The molecule has 0 aromatic carbocycles. The maximum absolute atomic E-state index is 12.1. The topological polar surface area (TPSA) is 108 Å². The largest absolute Gasteiger partial charge is 0.444 e. The first-order valence-electron chi connectivity index (χ1n) is 11.0. The summed E-state index contributed by atoms with van der Waals surface area (Å²) < 4.78 is 10.6. The molecule has 1 heterocycles. The molecular formula is C21H42N6O4. The van der Waals surface area contributed by atoms with Gasteiger partial charge in [0, 0.05) is 52.9 Å². The van der Waals surface area contributed by atoms with Crippen LogP contribution in [0, 0.1) is 0 Å². The van der Waals surface area contributed by atoms with E-state index < -0.39 is 17.3 Å². The highest BCUT2D eigenvalue weighted by Gasteiger charge is 2.25. The van der Waals surface area contributed by atoms with Gasteiger partial charge in [-0.2, -0.15) is 0 Å². The van der Waals surface area contributed by atoms with Gasteiger partial charge in [-0.15, -0.1) is 0 Å². The van der Waals surface area contributed by atoms with E-state index in [1.807, 2.05) is 41.5 Å². The number of amides is 2. The van der Waals surface area contributed by atoms with Gasteiger partial charge < -0.3 is 30.3 Å². The predicted molar refractivity (Wildman–Crippen MR) is 122 cm³/mol. The number of hydrogen-bond acceptors (Lipinski definition) is 6. The molecule has 1 rings (SSSR count). The first kappa shape index (κ1) is 26.8. The van der Waals surface area contributed by atoms with E-state index in [1.165, 1.54) is 0 Å². The second kappa shape index (κ2) is 12.6. The fraction of sp³-hybridized carbons (Fsp3) is 0.857. The Bertz CT molecular complexity index is 590. The SMILES string of the molecule is CN=C(NCCCN1CCN(C(=O)OC(C)(C)C)CC1)NCCNC(=O)OC(C)(C)C. The van der Waals surface area contributed by atoms with E-state index in [1.54, 1.807) is 11.9 Å². The Labute approximate surface area is 187 Å². The molecule has 0 radical (unpaired) electrons. The zero-order chi connectivity index (χ0) is 23.5. The highest BCUT2D eigenvalue weighted by molar-refractivity contribution is 5.79. The summed E-state index contributed by atoms with van der Waals surface area (Å²) in [6, 6.07) is 0. The first-order chi connectivity index (χ1) is 14.4. The zero-order valence-electron chi connectivity index (χ0n) is 20.3. The molecule has 0 aliphatic carbocycles. The Morgan fingerprint density at radius 2 is 1.39 bits per heavy atom. The molecule has 10 nitrogen and oxygen atoms in total. The fourth-order valence-electron chi connectivity index (χ4n) is 2.87. The maximum Gasteiger partial charge on any atom is 0.410 e. The number of carbonyl (C=O) groups is 2. The van der Waals surface area contributed by atoms with Gasteiger partial charge in [-0.25, -0.2) is 9.59 Å². The molecule has 0 atom stereocenters. The number of hydrogen-bond donors (Lipinski definition) is 3. The van der Waals surface area contributed by atoms with E-state index >= 15 is 0 Å². The average Bonchev–Trinajstić information content (AvgIpc) is 2.64. The van der Waals surface area contributed by atoms with Gasteiger partial charge in [0.1, 0.15) is 11.2 Å². The van der Waals surface area contributed by atoms with Crippen molar-refractivity contribution in [1.29, 1.82) is 0 Å². The van der Waals surface area contributed by atoms with Gasteiger partial charge in [-0.3, -0.25) is 9.89 Å². The quantitative estimate of drug-likeness (QED) is 0.312. The number of rotatable bonds is 7. The Morgan fingerprint density at radius 3 is 1.94 bits per heavy atom. The van der Waals surface area contributed by atoms with Gasteiger partial charge in [0.25, 0.3) is 0 Å². The number of piperazine rings is 1. The van der Waals surface area contributed by atoms with Gasteiger partial charge in [-0.1, -0.05) is 0 Å². The number of nitrogens with one attached hydrogen (secondary N) is 3. The van der Waals surface area contributed by atoms with Crippen LogP contribution >= 0.6 is 0 Å². The molecule has 180 valence electrons. The third kappa shape index (κ3) is 12.9. The van der Waals surface area contributed by atoms with Crippen LogP contribution in [0.1, 0.15) is 48.0 Å². The molecule has 0 spiro atoms. The van der Waals surface area contributed by atoms with Crippen molar-refractivity contribution >= 4 is 18.1 Å². The Hall–Kier alpha value is -2.23. The highest BCUT2D eigenvalue weighted by atomic mass is 16.6. The van der Waals surface area contributed by atoms with E-state index in [0.717, 1.165) is 32.6 Å². The summed E-state index contributed by atoms with van der Waals surface area (Å²) in [5, 5.41) is 9.13. The summed E-state index contributed by atoms with van der Waals surface area (Å²) in [6.45, 7) is 16.9. The van der Waals surface area contributed by atoms with Crippen molar-refractivity contribution in [2.24, 2.45) is 4.99 Å². The Kier molecular flexibility index (Phi) is 10.9. The van der Waals surface area contributed by atoms with Gasteiger partial charge in [0.15, 0.2) is 5.96 Å². The number of guanidine groups is 1. The fourth-order valence-corrected chi connectivity index (χ4v) is 2.87. The second-order valence-corrected chi connectivity index (χ2v) is 9.52. The summed E-state index contributed by atoms with van der Waals surface area (Å²) in [5.41, 5.74) is -0.963. The summed E-state index contributed by atoms with van der Waals surface area (Å²) in [4.78, 5) is 32.0. The van der Waals surface area contributed by atoms with Crippen molar-refractivity contribution in [1.82, 2.24) is 25.8 Å². The molecule has 0 saturated carbocycles. The lowest BCUT2D eigenvalue weighted by Crippen LogP contribution is -2.50. The van der Waals surface area contributed by atoms with E-state index in [4.69, 9.17) is 9.47 Å². The van der Waals surface area contributed by atoms with E-state index in [0.29, 0.717) is 32.1 Å². The molecule has 0 unspecified atom stereocenters. The smallest absolute Gasteiger partial charge is 0.410 e. The summed E-state index contributed by atoms with van der Waals surface area (Å²) in [6.07, 6.45) is 0.303. The predicted octanol–water partition coefficient (Wildman–Crippen LogP) is 1.62. The van der Waals surface area contributed by atoms with Crippen molar-refractivity contribution in [2.45, 2.75) is 59.2 Å². The molecule has 0 aromatic heterocycles. The Morgan fingerprint density at radius 1 is 0.839 bits per heavy atom. The van der Waals surface area contributed by atoms with Crippen molar-refractivity contribution < 1.29 is 19.1 Å². The first-order valence-corrected chi connectivity index (χ1v) is 11.0. The van der Waals surface area contributed by atoms with E-state index in [9.17, 15) is 9.59 Å². The molecule has 3 N–H and O–H groups in total. The molecule has 10 heteroatoms. The van der Waals surface area contributed by atoms with Crippen LogP contribution in [0.3, 0.4) is 0 Å². The monoisotopic (exact) mass is 442 g/mol. The molecule has 31 heavy (non-hydrogen) atoms. The molecule has 1 saturated heterocycles. The number of alkyl carbamates (subject to hydrolysis) is 1. The number of nitrogens with zero attached hydrogens (tertiary/aromatic N) is 3. The minimum absolute atomic E-state index is 0.232. The number of ether oxygens (including phenoxy) is 2. The van der Waals surface area contributed by atoms with Crippen LogP contribution < -0.4 is 16.0 Å². The highest BCUT2D eigenvalue weighted by Crippen LogP contribution is 2.12. The van der Waals surface area contributed by atoms with Crippen LogP contribution in [-0.4, -0.2) is 98.6 Å². The van der Waals surface area contributed by atoms with Gasteiger partial charge in [-0.05, 0) is 54.5 Å². The number of aliphatic imine (C=N–C) groups is 1. The zero-order valence-corrected chi connectivity index (χ0v) is 20.3. The molecule has 1 aliphatic heterocycles.